The summed E-state index contributed by atoms with van der Waals surface area (Å²) in [5.41, 5.74) is 0.814. The summed E-state index contributed by atoms with van der Waals surface area (Å²) in [4.78, 5) is -0.579. The van der Waals surface area contributed by atoms with Gasteiger partial charge in [-0.25, -0.2) is 0 Å². The molecule has 0 spiro atoms. The Morgan fingerprint density at radius 3 is 1.79 bits per heavy atom. The van der Waals surface area contributed by atoms with E-state index < -0.39 is 20.2 Å². The molecule has 0 aliphatic rings. The maximum Gasteiger partial charge on any atom is 0.295 e. The Hall–Kier alpha value is -2.78. The van der Waals surface area contributed by atoms with Gasteiger partial charge in [-0.1, -0.05) is 48.5 Å². The van der Waals surface area contributed by atoms with Crippen LogP contribution in [-0.2, 0) is 20.2 Å². The normalized spacial score (nSPS) is 12.5. The number of hydrogen-bond acceptors (Lipinski definition) is 4. The molecule has 6 nitrogen and oxygen atoms in total. The predicted octanol–water partition coefficient (Wildman–Crippen LogP) is 4.15. The Kier molecular flexibility index (Phi) is 4.24. The first-order valence-corrected chi connectivity index (χ1v) is 11.0. The molecular formula is C20H14O6S2. The van der Waals surface area contributed by atoms with Gasteiger partial charge in [-0.2, -0.15) is 16.8 Å². The Bertz CT molecular complexity index is 1460. The van der Waals surface area contributed by atoms with Gasteiger partial charge in [-0.15, -0.1) is 0 Å². The first kappa shape index (κ1) is 18.6. The van der Waals surface area contributed by atoms with Gasteiger partial charge in [-0.3, -0.25) is 9.11 Å². The van der Waals surface area contributed by atoms with Gasteiger partial charge in [0.15, 0.2) is 0 Å². The molecule has 0 saturated carbocycles. The highest BCUT2D eigenvalue weighted by atomic mass is 32.2. The lowest BCUT2D eigenvalue weighted by molar-refractivity contribution is 0.481. The van der Waals surface area contributed by atoms with Gasteiger partial charge in [0.1, 0.15) is 4.90 Å². The van der Waals surface area contributed by atoms with Crippen LogP contribution >= 0.6 is 0 Å². The summed E-state index contributed by atoms with van der Waals surface area (Å²) in [7, 11) is -8.99. The van der Waals surface area contributed by atoms with Gasteiger partial charge in [0.05, 0.1) is 4.90 Å². The van der Waals surface area contributed by atoms with Crippen LogP contribution in [0.3, 0.4) is 0 Å². The number of fused-ring (bicyclic) bond motifs is 2. The largest absolute Gasteiger partial charge is 0.295 e. The van der Waals surface area contributed by atoms with Crippen LogP contribution in [0, 0.1) is 0 Å². The van der Waals surface area contributed by atoms with Crippen LogP contribution in [0.2, 0.25) is 0 Å². The van der Waals surface area contributed by atoms with Crippen molar-refractivity contribution in [1.82, 2.24) is 0 Å². The second-order valence-electron chi connectivity index (χ2n) is 6.34. The van der Waals surface area contributed by atoms with Gasteiger partial charge in [0, 0.05) is 5.39 Å². The first-order valence-electron chi connectivity index (χ1n) is 8.15. The predicted molar refractivity (Wildman–Crippen MR) is 107 cm³/mol. The maximum absolute atomic E-state index is 11.9. The molecule has 0 fully saturated rings. The summed E-state index contributed by atoms with van der Waals surface area (Å²) in [6.45, 7) is 0. The minimum Gasteiger partial charge on any atom is -0.282 e. The molecule has 4 aromatic rings. The fourth-order valence-corrected chi connectivity index (χ4v) is 4.60. The van der Waals surface area contributed by atoms with Gasteiger partial charge in [0.25, 0.3) is 20.2 Å². The SMILES string of the molecule is O=S(=O)(O)c1cc(-c2cc(S(=O)(=O)O)c3ccccc3c2)c2ccccc2c1. The lowest BCUT2D eigenvalue weighted by Gasteiger charge is -2.12. The first-order chi connectivity index (χ1) is 13.1. The van der Waals surface area contributed by atoms with E-state index in [1.165, 1.54) is 18.2 Å². The lowest BCUT2D eigenvalue weighted by atomic mass is 9.96. The molecule has 28 heavy (non-hydrogen) atoms. The smallest absolute Gasteiger partial charge is 0.282 e. The zero-order valence-corrected chi connectivity index (χ0v) is 15.9. The second-order valence-corrected chi connectivity index (χ2v) is 9.15. The van der Waals surface area contributed by atoms with Crippen LogP contribution in [0.4, 0.5) is 0 Å². The van der Waals surface area contributed by atoms with Crippen molar-refractivity contribution in [2.45, 2.75) is 9.79 Å². The highest BCUT2D eigenvalue weighted by Gasteiger charge is 2.19. The van der Waals surface area contributed by atoms with E-state index in [9.17, 15) is 25.9 Å². The molecular weight excluding hydrogens is 400 g/mol. The second kappa shape index (κ2) is 6.39. The van der Waals surface area contributed by atoms with Crippen molar-refractivity contribution >= 4 is 41.8 Å². The van der Waals surface area contributed by atoms with Crippen molar-refractivity contribution in [2.75, 3.05) is 0 Å². The Balaban J connectivity index is 2.15. The zero-order valence-electron chi connectivity index (χ0n) is 14.3. The minimum atomic E-state index is -4.52. The van der Waals surface area contributed by atoms with Crippen LogP contribution in [-0.4, -0.2) is 25.9 Å². The summed E-state index contributed by atoms with van der Waals surface area (Å²) >= 11 is 0. The van der Waals surface area contributed by atoms with E-state index in [1.54, 1.807) is 54.6 Å². The molecule has 0 saturated heterocycles. The third kappa shape index (κ3) is 3.27. The van der Waals surface area contributed by atoms with E-state index in [1.807, 2.05) is 0 Å². The molecule has 142 valence electrons. The molecule has 0 radical (unpaired) electrons. The number of benzene rings is 4. The number of rotatable bonds is 3. The van der Waals surface area contributed by atoms with Crippen LogP contribution in [0.1, 0.15) is 0 Å². The molecule has 0 aliphatic heterocycles. The zero-order chi connectivity index (χ0) is 20.1. The fourth-order valence-electron chi connectivity index (χ4n) is 3.32. The van der Waals surface area contributed by atoms with Crippen molar-refractivity contribution in [1.29, 1.82) is 0 Å². The van der Waals surface area contributed by atoms with Gasteiger partial charge in [0.2, 0.25) is 0 Å². The summed E-state index contributed by atoms with van der Waals surface area (Å²) in [5, 5.41) is 2.15. The van der Waals surface area contributed by atoms with Gasteiger partial charge in [-0.05, 0) is 51.6 Å². The molecule has 0 aliphatic carbocycles. The third-order valence-electron chi connectivity index (χ3n) is 4.55. The molecule has 4 aromatic carbocycles. The molecule has 0 bridgehead atoms. The summed E-state index contributed by atoms with van der Waals surface area (Å²) in [5.74, 6) is 0. The van der Waals surface area contributed by atoms with Gasteiger partial charge >= 0.3 is 0 Å². The van der Waals surface area contributed by atoms with Crippen LogP contribution in [0.5, 0.6) is 0 Å². The van der Waals surface area contributed by atoms with E-state index in [-0.39, 0.29) is 9.79 Å². The summed E-state index contributed by atoms with van der Waals surface area (Å²) < 4.78 is 66.5. The van der Waals surface area contributed by atoms with Crippen LogP contribution < -0.4 is 0 Å². The molecule has 0 aromatic heterocycles. The average Bonchev–Trinajstić information content (AvgIpc) is 2.64. The fraction of sp³-hybridized carbons (Fsp3) is 0. The third-order valence-corrected chi connectivity index (χ3v) is 6.27. The van der Waals surface area contributed by atoms with Crippen molar-refractivity contribution in [2.24, 2.45) is 0 Å². The van der Waals surface area contributed by atoms with E-state index in [0.717, 1.165) is 0 Å². The standard InChI is InChI=1S/C20H14O6S2/c21-27(22,23)16-10-14-6-1-3-7-17(14)19(12-16)15-9-13-5-2-4-8-18(13)20(11-15)28(24,25)26/h1-12H,(H,21,22,23)(H,24,25,26). The highest BCUT2D eigenvalue weighted by Crippen LogP contribution is 2.36. The molecule has 0 amide bonds. The minimum absolute atomic E-state index is 0.276. The van der Waals surface area contributed by atoms with Gasteiger partial charge < -0.3 is 0 Å². The van der Waals surface area contributed by atoms with Crippen molar-refractivity contribution < 1.29 is 25.9 Å². The quantitative estimate of drug-likeness (QED) is 0.488. The lowest BCUT2D eigenvalue weighted by Crippen LogP contribution is -2.01. The molecule has 0 heterocycles. The average molecular weight is 414 g/mol. The van der Waals surface area contributed by atoms with Crippen LogP contribution in [0.25, 0.3) is 32.7 Å². The Morgan fingerprint density at radius 2 is 1.18 bits per heavy atom. The molecule has 0 unspecified atom stereocenters. The van der Waals surface area contributed by atoms with Crippen molar-refractivity contribution in [3.05, 3.63) is 72.8 Å². The van der Waals surface area contributed by atoms with Crippen LogP contribution in [0.15, 0.2) is 82.6 Å². The molecule has 0 atom stereocenters. The van der Waals surface area contributed by atoms with E-state index in [4.69, 9.17) is 0 Å². The Morgan fingerprint density at radius 1 is 0.607 bits per heavy atom. The van der Waals surface area contributed by atoms with Crippen molar-refractivity contribution in [3.63, 3.8) is 0 Å². The Labute approximate surface area is 161 Å². The number of hydrogen-bond donors (Lipinski definition) is 2. The summed E-state index contributed by atoms with van der Waals surface area (Å²) in [6.07, 6.45) is 0. The summed E-state index contributed by atoms with van der Waals surface area (Å²) in [6, 6.07) is 19.3. The monoisotopic (exact) mass is 414 g/mol. The molecule has 8 heteroatoms. The molecule has 2 N–H and O–H groups in total. The van der Waals surface area contributed by atoms with E-state index in [2.05, 4.69) is 0 Å². The van der Waals surface area contributed by atoms with E-state index >= 15 is 0 Å². The van der Waals surface area contributed by atoms with Crippen molar-refractivity contribution in [3.8, 4) is 11.1 Å². The molecule has 4 rings (SSSR count). The maximum atomic E-state index is 11.9. The highest BCUT2D eigenvalue weighted by molar-refractivity contribution is 7.86. The topological polar surface area (TPSA) is 109 Å². The van der Waals surface area contributed by atoms with E-state index in [0.29, 0.717) is 32.7 Å².